The minimum absolute atomic E-state index is 0.318. The molecular formula is C26H17FN6O2. The zero-order valence-electron chi connectivity index (χ0n) is 18.5. The monoisotopic (exact) mass is 464 g/mol. The summed E-state index contributed by atoms with van der Waals surface area (Å²) < 4.78 is 29.1. The van der Waals surface area contributed by atoms with Crippen molar-refractivity contribution in [2.45, 2.75) is 12.8 Å². The highest BCUT2D eigenvalue weighted by Crippen LogP contribution is 2.49. The number of benzene rings is 2. The molecule has 4 aromatic heterocycles. The molecule has 0 fully saturated rings. The Morgan fingerprint density at radius 3 is 2.51 bits per heavy atom. The van der Waals surface area contributed by atoms with Crippen molar-refractivity contribution in [1.82, 2.24) is 29.4 Å². The lowest BCUT2D eigenvalue weighted by Gasteiger charge is -2.24. The van der Waals surface area contributed by atoms with Crippen LogP contribution in [0.25, 0.3) is 22.7 Å². The van der Waals surface area contributed by atoms with Crippen LogP contribution >= 0.6 is 0 Å². The van der Waals surface area contributed by atoms with E-state index in [4.69, 9.17) is 19.2 Å². The van der Waals surface area contributed by atoms with Gasteiger partial charge in [-0.3, -0.25) is 0 Å². The number of nitrogens with zero attached hydrogens (tertiary/aromatic N) is 6. The topological polar surface area (TPSA) is 83.3 Å². The number of hydrogen-bond acceptors (Lipinski definition) is 6. The summed E-state index contributed by atoms with van der Waals surface area (Å²) in [7, 11) is 0. The average Bonchev–Trinajstić information content (AvgIpc) is 3.63. The molecule has 0 amide bonds. The third-order valence-corrected chi connectivity index (χ3v) is 6.15. The lowest BCUT2D eigenvalue weighted by atomic mass is 9.88. The van der Waals surface area contributed by atoms with Crippen LogP contribution in [0.5, 0.6) is 11.8 Å². The van der Waals surface area contributed by atoms with Gasteiger partial charge < -0.3 is 9.15 Å². The SMILES string of the molecule is Cc1nn(-c2ccccc2)c2c1[C@@H](c1ccco1)c1c(ncn3nc(-c4ccc(F)cc4)nc13)O2. The third kappa shape index (κ3) is 2.98. The zero-order valence-corrected chi connectivity index (χ0v) is 18.5. The number of ether oxygens (including phenoxy) is 1. The van der Waals surface area contributed by atoms with Crippen molar-refractivity contribution in [2.75, 3.05) is 0 Å². The molecule has 1 aliphatic heterocycles. The second-order valence-corrected chi connectivity index (χ2v) is 8.28. The highest BCUT2D eigenvalue weighted by Gasteiger charge is 2.39. The van der Waals surface area contributed by atoms with Gasteiger partial charge in [0.2, 0.25) is 11.8 Å². The maximum atomic E-state index is 13.5. The molecule has 0 saturated heterocycles. The predicted octanol–water partition coefficient (Wildman–Crippen LogP) is 5.30. The van der Waals surface area contributed by atoms with Crippen molar-refractivity contribution in [2.24, 2.45) is 0 Å². The van der Waals surface area contributed by atoms with Gasteiger partial charge in [-0.05, 0) is 55.5 Å². The summed E-state index contributed by atoms with van der Waals surface area (Å²) in [6.07, 6.45) is 3.21. The predicted molar refractivity (Wildman–Crippen MR) is 124 cm³/mol. The van der Waals surface area contributed by atoms with Gasteiger partial charge in [0.1, 0.15) is 17.9 Å². The summed E-state index contributed by atoms with van der Waals surface area (Å²) >= 11 is 0. The van der Waals surface area contributed by atoms with E-state index in [1.54, 1.807) is 33.9 Å². The fraction of sp³-hybridized carbons (Fsp3) is 0.0769. The molecule has 0 unspecified atom stereocenters. The fourth-order valence-corrected chi connectivity index (χ4v) is 4.58. The average molecular weight is 464 g/mol. The number of furan rings is 1. The van der Waals surface area contributed by atoms with Crippen molar-refractivity contribution < 1.29 is 13.5 Å². The first-order valence-electron chi connectivity index (χ1n) is 11.0. The Morgan fingerprint density at radius 2 is 1.74 bits per heavy atom. The maximum Gasteiger partial charge on any atom is 0.230 e. The second-order valence-electron chi connectivity index (χ2n) is 8.28. The van der Waals surface area contributed by atoms with Gasteiger partial charge in [0.05, 0.1) is 34.7 Å². The van der Waals surface area contributed by atoms with Gasteiger partial charge in [-0.2, -0.15) is 5.10 Å². The van der Waals surface area contributed by atoms with Crippen LogP contribution in [0.2, 0.25) is 0 Å². The fourth-order valence-electron chi connectivity index (χ4n) is 4.58. The summed E-state index contributed by atoms with van der Waals surface area (Å²) in [6.45, 7) is 1.95. The van der Waals surface area contributed by atoms with Gasteiger partial charge in [0.15, 0.2) is 11.5 Å². The molecule has 1 aliphatic rings. The summed E-state index contributed by atoms with van der Waals surface area (Å²) in [5, 5.41) is 9.37. The zero-order chi connectivity index (χ0) is 23.5. The van der Waals surface area contributed by atoms with E-state index >= 15 is 0 Å². The van der Waals surface area contributed by atoms with E-state index in [2.05, 4.69) is 10.1 Å². The quantitative estimate of drug-likeness (QED) is 0.353. The summed E-state index contributed by atoms with van der Waals surface area (Å²) in [5.41, 5.74) is 4.55. The van der Waals surface area contributed by atoms with E-state index in [9.17, 15) is 4.39 Å². The van der Waals surface area contributed by atoms with Gasteiger partial charge in [-0.25, -0.2) is 23.6 Å². The number of aryl methyl sites for hydroxylation is 1. The minimum atomic E-state index is -0.359. The molecule has 5 heterocycles. The molecule has 0 N–H and O–H groups in total. The Bertz CT molecular complexity index is 1690. The van der Waals surface area contributed by atoms with Crippen molar-refractivity contribution in [3.8, 4) is 28.8 Å². The number of fused-ring (bicyclic) bond motifs is 4. The molecule has 7 rings (SSSR count). The molecule has 0 bridgehead atoms. The van der Waals surface area contributed by atoms with E-state index < -0.39 is 0 Å². The summed E-state index contributed by atoms with van der Waals surface area (Å²) in [6, 6.07) is 19.6. The first kappa shape index (κ1) is 19.7. The highest BCUT2D eigenvalue weighted by molar-refractivity contribution is 5.68. The molecule has 0 spiro atoms. The number of para-hydroxylation sites is 1. The molecule has 2 aromatic carbocycles. The number of hydrogen-bond donors (Lipinski definition) is 0. The Hall–Kier alpha value is -4.79. The standard InChI is InChI=1S/C26H17FN6O2/c1-15-20-21(19-8-5-13-34-19)22-24-29-23(16-9-11-17(27)12-10-16)31-32(24)14-28-25(22)35-26(20)33(30-15)18-6-3-2-4-7-18/h2-14,21H,1H3/t21-/m1/s1. The van der Waals surface area contributed by atoms with E-state index in [-0.39, 0.29) is 11.7 Å². The van der Waals surface area contributed by atoms with Crippen molar-refractivity contribution >= 4 is 5.65 Å². The van der Waals surface area contributed by atoms with Crippen LogP contribution in [0.4, 0.5) is 4.39 Å². The normalized spacial score (nSPS) is 14.5. The smallest absolute Gasteiger partial charge is 0.230 e. The molecule has 0 radical (unpaired) electrons. The Labute approximate surface area is 198 Å². The van der Waals surface area contributed by atoms with Crippen LogP contribution in [-0.4, -0.2) is 29.4 Å². The first-order valence-corrected chi connectivity index (χ1v) is 11.0. The molecule has 35 heavy (non-hydrogen) atoms. The van der Waals surface area contributed by atoms with Crippen molar-refractivity contribution in [1.29, 1.82) is 0 Å². The number of rotatable bonds is 3. The molecule has 6 aromatic rings. The van der Waals surface area contributed by atoms with Gasteiger partial charge in [-0.15, -0.1) is 5.10 Å². The lowest BCUT2D eigenvalue weighted by Crippen LogP contribution is -2.15. The van der Waals surface area contributed by atoms with Gasteiger partial charge >= 0.3 is 0 Å². The molecular weight excluding hydrogens is 447 g/mol. The van der Waals surface area contributed by atoms with Gasteiger partial charge in [0, 0.05) is 5.56 Å². The first-order chi connectivity index (χ1) is 17.2. The highest BCUT2D eigenvalue weighted by atomic mass is 19.1. The van der Waals surface area contributed by atoms with E-state index in [0.29, 0.717) is 34.6 Å². The molecule has 9 heteroatoms. The van der Waals surface area contributed by atoms with Crippen LogP contribution in [0, 0.1) is 12.7 Å². The van der Waals surface area contributed by atoms with E-state index in [1.807, 2.05) is 49.4 Å². The number of halogens is 1. The summed E-state index contributed by atoms with van der Waals surface area (Å²) in [4.78, 5) is 9.36. The Kier molecular flexibility index (Phi) is 4.13. The molecule has 1 atom stereocenters. The van der Waals surface area contributed by atoms with E-state index in [0.717, 1.165) is 22.5 Å². The maximum absolute atomic E-state index is 13.5. The largest absolute Gasteiger partial charge is 0.468 e. The van der Waals surface area contributed by atoms with Crippen molar-refractivity contribution in [3.63, 3.8) is 0 Å². The minimum Gasteiger partial charge on any atom is -0.468 e. The van der Waals surface area contributed by atoms with Crippen LogP contribution in [-0.2, 0) is 0 Å². The lowest BCUT2D eigenvalue weighted by molar-refractivity contribution is 0.392. The van der Waals surface area contributed by atoms with Gasteiger partial charge in [0.25, 0.3) is 0 Å². The summed E-state index contributed by atoms with van der Waals surface area (Å²) in [5.74, 6) is 1.48. The molecule has 8 nitrogen and oxygen atoms in total. The van der Waals surface area contributed by atoms with Crippen LogP contribution in [0.3, 0.4) is 0 Å². The Morgan fingerprint density at radius 1 is 0.914 bits per heavy atom. The van der Waals surface area contributed by atoms with Gasteiger partial charge in [-0.1, -0.05) is 18.2 Å². The van der Waals surface area contributed by atoms with Crippen LogP contribution in [0.15, 0.2) is 83.7 Å². The van der Waals surface area contributed by atoms with Crippen LogP contribution < -0.4 is 4.74 Å². The third-order valence-electron chi connectivity index (χ3n) is 6.15. The van der Waals surface area contributed by atoms with Crippen LogP contribution in [0.1, 0.15) is 28.5 Å². The van der Waals surface area contributed by atoms with Crippen molar-refractivity contribution in [3.05, 3.63) is 108 Å². The molecule has 170 valence electrons. The van der Waals surface area contributed by atoms with E-state index in [1.165, 1.54) is 12.1 Å². The number of aromatic nitrogens is 6. The second kappa shape index (κ2) is 7.36. The Balaban J connectivity index is 1.47. The molecule has 0 saturated carbocycles. The molecule has 0 aliphatic carbocycles.